The van der Waals surface area contributed by atoms with Crippen LogP contribution in [0.15, 0.2) is 0 Å². The summed E-state index contributed by atoms with van der Waals surface area (Å²) in [6.07, 6.45) is 2.45. The minimum absolute atomic E-state index is 0.0361. The van der Waals surface area contributed by atoms with Crippen LogP contribution in [0.5, 0.6) is 0 Å². The summed E-state index contributed by atoms with van der Waals surface area (Å²) in [5, 5.41) is 0. The Balaban J connectivity index is 4.05. The van der Waals surface area contributed by atoms with Gasteiger partial charge >= 0.3 is 5.97 Å². The molecule has 24 heavy (non-hydrogen) atoms. The highest BCUT2D eigenvalue weighted by Crippen LogP contribution is 2.38. The van der Waals surface area contributed by atoms with Gasteiger partial charge in [-0.25, -0.2) is 0 Å². The van der Waals surface area contributed by atoms with Gasteiger partial charge in [0.2, 0.25) is 0 Å². The lowest BCUT2D eigenvalue weighted by molar-refractivity contribution is -0.870. The summed E-state index contributed by atoms with van der Waals surface area (Å²) in [4.78, 5) is 23.2. The number of hydrogen-bond acceptors (Lipinski definition) is 7. The quantitative estimate of drug-likeness (QED) is 0.197. The third kappa shape index (κ3) is 13.9. The number of phosphoric ester groups is 1. The number of rotatable bonds is 14. The topological polar surface area (TPSA) is 94.1 Å². The second kappa shape index (κ2) is 12.0. The number of quaternary nitrogens is 1. The maximum Gasteiger partial charge on any atom is 0.305 e. The highest BCUT2D eigenvalue weighted by molar-refractivity contribution is 7.45. The van der Waals surface area contributed by atoms with Crippen LogP contribution in [0.2, 0.25) is 0 Å². The molecule has 0 N–H and O–H groups in total. The summed E-state index contributed by atoms with van der Waals surface area (Å²) < 4.78 is 31.9. The van der Waals surface area contributed by atoms with E-state index in [9.17, 15) is 14.3 Å². The van der Waals surface area contributed by atoms with Crippen molar-refractivity contribution in [2.24, 2.45) is 0 Å². The highest BCUT2D eigenvalue weighted by Gasteiger charge is 2.18. The smallest absolute Gasteiger partial charge is 0.305 e. The van der Waals surface area contributed by atoms with Crippen molar-refractivity contribution in [2.45, 2.75) is 38.7 Å². The first-order valence-electron chi connectivity index (χ1n) is 8.18. The van der Waals surface area contributed by atoms with Gasteiger partial charge in [-0.2, -0.15) is 0 Å². The fraction of sp³-hybridized carbons (Fsp3) is 0.933. The molecule has 0 heterocycles. The lowest BCUT2D eigenvalue weighted by Gasteiger charge is -2.28. The first kappa shape index (κ1) is 23.5. The van der Waals surface area contributed by atoms with Crippen molar-refractivity contribution in [3.8, 4) is 0 Å². The molecule has 0 spiro atoms. The zero-order valence-corrected chi connectivity index (χ0v) is 16.4. The second-order valence-electron chi connectivity index (χ2n) is 6.59. The predicted octanol–water partition coefficient (Wildman–Crippen LogP) is 1.33. The third-order valence-electron chi connectivity index (χ3n) is 3.18. The fourth-order valence-corrected chi connectivity index (χ4v) is 2.33. The molecule has 0 aromatic rings. The molecule has 0 amide bonds. The van der Waals surface area contributed by atoms with E-state index >= 15 is 0 Å². The fourth-order valence-electron chi connectivity index (χ4n) is 1.60. The summed E-state index contributed by atoms with van der Waals surface area (Å²) in [7, 11) is 2.78. The Morgan fingerprint density at radius 2 is 1.83 bits per heavy atom. The maximum absolute atomic E-state index is 11.7. The normalized spacial score (nSPS) is 15.8. The molecular weight excluding hydrogens is 337 g/mol. The van der Waals surface area contributed by atoms with E-state index < -0.39 is 13.9 Å². The summed E-state index contributed by atoms with van der Waals surface area (Å²) >= 11 is 0. The predicted molar refractivity (Wildman–Crippen MR) is 88.3 cm³/mol. The third-order valence-corrected chi connectivity index (χ3v) is 4.14. The molecule has 2 unspecified atom stereocenters. The molecule has 0 bridgehead atoms. The summed E-state index contributed by atoms with van der Waals surface area (Å²) in [6.45, 7) is 2.30. The van der Waals surface area contributed by atoms with Crippen molar-refractivity contribution in [1.82, 2.24) is 0 Å². The van der Waals surface area contributed by atoms with Gasteiger partial charge in [-0.3, -0.25) is 9.36 Å². The summed E-state index contributed by atoms with van der Waals surface area (Å²) in [5.41, 5.74) is 0. The Morgan fingerprint density at radius 3 is 2.38 bits per heavy atom. The molecule has 2 atom stereocenters. The number of carbonyl (C=O) groups excluding carboxylic acids is 1. The van der Waals surface area contributed by atoms with Crippen LogP contribution in [0, 0.1) is 0 Å². The highest BCUT2D eigenvalue weighted by atomic mass is 31.2. The Kier molecular flexibility index (Phi) is 11.7. The van der Waals surface area contributed by atoms with E-state index in [2.05, 4.69) is 0 Å². The molecule has 0 aliphatic rings. The number of carbonyl (C=O) groups is 1. The molecular formula is C15H32NO7P. The van der Waals surface area contributed by atoms with Crippen LogP contribution in [0.25, 0.3) is 0 Å². The van der Waals surface area contributed by atoms with Crippen LogP contribution in [-0.4, -0.2) is 71.2 Å². The molecule has 144 valence electrons. The molecule has 0 aromatic heterocycles. The number of ether oxygens (including phenoxy) is 2. The van der Waals surface area contributed by atoms with Crippen molar-refractivity contribution >= 4 is 13.8 Å². The van der Waals surface area contributed by atoms with Crippen molar-refractivity contribution < 1.29 is 37.3 Å². The largest absolute Gasteiger partial charge is 0.756 e. The number of nitrogens with zero attached hydrogens (tertiary/aromatic N) is 1. The lowest BCUT2D eigenvalue weighted by atomic mass is 10.2. The number of unbranched alkanes of at least 4 members (excludes halogenated alkanes) is 2. The van der Waals surface area contributed by atoms with E-state index in [4.69, 9.17) is 18.5 Å². The number of hydrogen-bond donors (Lipinski definition) is 0. The van der Waals surface area contributed by atoms with Crippen LogP contribution in [0.3, 0.4) is 0 Å². The van der Waals surface area contributed by atoms with Gasteiger partial charge in [0.25, 0.3) is 7.82 Å². The zero-order chi connectivity index (χ0) is 18.6. The van der Waals surface area contributed by atoms with Gasteiger partial charge in [0.15, 0.2) is 0 Å². The van der Waals surface area contributed by atoms with Gasteiger partial charge in [-0.05, 0) is 6.42 Å². The van der Waals surface area contributed by atoms with Crippen molar-refractivity contribution in [3.05, 3.63) is 0 Å². The molecule has 0 saturated carbocycles. The van der Waals surface area contributed by atoms with Crippen LogP contribution in [0.1, 0.15) is 32.6 Å². The SMILES string of the molecule is CCCCCC(=O)OCC(COP(=O)([O-])OCC[N+](C)(C)C)OC. The average molecular weight is 369 g/mol. The number of phosphoric acid groups is 1. The standard InChI is InChI=1S/C15H32NO7P/c1-6-7-8-9-15(17)21-12-14(20-5)13-23-24(18,19)22-11-10-16(2,3)4/h14H,6-13H2,1-5H3. The zero-order valence-electron chi connectivity index (χ0n) is 15.5. The summed E-state index contributed by atoms with van der Waals surface area (Å²) in [5.74, 6) is -0.324. The van der Waals surface area contributed by atoms with Gasteiger partial charge in [-0.15, -0.1) is 0 Å². The van der Waals surface area contributed by atoms with Crippen LogP contribution >= 0.6 is 7.82 Å². The first-order chi connectivity index (χ1) is 11.1. The Hall–Kier alpha value is -0.500. The van der Waals surface area contributed by atoms with Gasteiger partial charge in [0.05, 0.1) is 27.7 Å². The van der Waals surface area contributed by atoms with E-state index in [1.165, 1.54) is 7.11 Å². The molecule has 0 aliphatic carbocycles. The Morgan fingerprint density at radius 1 is 1.17 bits per heavy atom. The molecule has 0 fully saturated rings. The molecule has 0 radical (unpaired) electrons. The Bertz CT molecular complexity index is 398. The average Bonchev–Trinajstić information content (AvgIpc) is 2.46. The van der Waals surface area contributed by atoms with Crippen LogP contribution < -0.4 is 4.89 Å². The van der Waals surface area contributed by atoms with E-state index in [0.717, 1.165) is 19.3 Å². The molecule has 8 nitrogen and oxygen atoms in total. The monoisotopic (exact) mass is 369 g/mol. The van der Waals surface area contributed by atoms with Crippen molar-refractivity contribution in [3.63, 3.8) is 0 Å². The molecule has 0 rings (SSSR count). The van der Waals surface area contributed by atoms with E-state index in [-0.39, 0.29) is 25.8 Å². The molecule has 0 saturated heterocycles. The minimum atomic E-state index is -4.40. The minimum Gasteiger partial charge on any atom is -0.756 e. The van der Waals surface area contributed by atoms with Gasteiger partial charge in [0, 0.05) is 13.5 Å². The van der Waals surface area contributed by atoms with Gasteiger partial charge in [0.1, 0.15) is 25.9 Å². The van der Waals surface area contributed by atoms with E-state index in [1.807, 2.05) is 28.1 Å². The van der Waals surface area contributed by atoms with Crippen molar-refractivity contribution in [1.29, 1.82) is 0 Å². The number of esters is 1. The van der Waals surface area contributed by atoms with E-state index in [1.54, 1.807) is 0 Å². The maximum atomic E-state index is 11.7. The molecule has 9 heteroatoms. The molecule has 0 aromatic carbocycles. The van der Waals surface area contributed by atoms with Gasteiger partial charge in [-0.1, -0.05) is 19.8 Å². The molecule has 0 aliphatic heterocycles. The lowest BCUT2D eigenvalue weighted by Crippen LogP contribution is -2.37. The van der Waals surface area contributed by atoms with Gasteiger partial charge < -0.3 is 27.9 Å². The summed E-state index contributed by atoms with van der Waals surface area (Å²) in [6, 6.07) is 0. The Labute approximate surface area is 145 Å². The van der Waals surface area contributed by atoms with Crippen LogP contribution in [-0.2, 0) is 27.9 Å². The second-order valence-corrected chi connectivity index (χ2v) is 8.00. The number of methoxy groups -OCH3 is 1. The van der Waals surface area contributed by atoms with E-state index in [0.29, 0.717) is 17.4 Å². The first-order valence-corrected chi connectivity index (χ1v) is 9.64. The number of likely N-dealkylation sites (N-methyl/N-ethyl adjacent to an activating group) is 1. The van der Waals surface area contributed by atoms with Crippen molar-refractivity contribution in [2.75, 3.05) is 54.6 Å². The van der Waals surface area contributed by atoms with Crippen LogP contribution in [0.4, 0.5) is 0 Å².